The van der Waals surface area contributed by atoms with Gasteiger partial charge in [-0.25, -0.2) is 0 Å². The van der Waals surface area contributed by atoms with Crippen LogP contribution in [-0.4, -0.2) is 5.78 Å². The van der Waals surface area contributed by atoms with Gasteiger partial charge < -0.3 is 5.73 Å². The van der Waals surface area contributed by atoms with Crippen molar-refractivity contribution in [1.29, 1.82) is 0 Å². The van der Waals surface area contributed by atoms with E-state index in [2.05, 4.69) is 0 Å². The highest BCUT2D eigenvalue weighted by atomic mass is 35.5. The molecule has 4 heteroatoms. The van der Waals surface area contributed by atoms with Crippen LogP contribution in [0.4, 0.5) is 5.69 Å². The molecule has 2 nitrogen and oxygen atoms in total. The largest absolute Gasteiger partial charge is 0.396 e. The van der Waals surface area contributed by atoms with Crippen LogP contribution in [0.15, 0.2) is 12.1 Å². The van der Waals surface area contributed by atoms with Crippen molar-refractivity contribution >= 4 is 34.7 Å². The molecule has 2 fully saturated rings. The maximum absolute atomic E-state index is 12.3. The number of anilines is 1. The molecule has 1 aromatic rings. The Kier molecular flexibility index (Phi) is 3.48. The smallest absolute Gasteiger partial charge is 0.163 e. The van der Waals surface area contributed by atoms with Crippen molar-refractivity contribution in [3.05, 3.63) is 27.7 Å². The van der Waals surface area contributed by atoms with Gasteiger partial charge in [-0.1, -0.05) is 29.6 Å². The number of halogens is 2. The minimum Gasteiger partial charge on any atom is -0.396 e. The topological polar surface area (TPSA) is 43.1 Å². The van der Waals surface area contributed by atoms with Gasteiger partial charge >= 0.3 is 0 Å². The Hall–Kier alpha value is -0.730. The van der Waals surface area contributed by atoms with E-state index in [1.54, 1.807) is 12.1 Å². The van der Waals surface area contributed by atoms with Gasteiger partial charge in [-0.3, -0.25) is 4.79 Å². The van der Waals surface area contributed by atoms with Gasteiger partial charge in [0.2, 0.25) is 0 Å². The Morgan fingerprint density at radius 3 is 2.42 bits per heavy atom. The SMILES string of the molecule is Nc1c(Cl)cc(C(=O)CC2CC3CCC2C3)cc1Cl. The summed E-state index contributed by atoms with van der Waals surface area (Å²) in [6.45, 7) is 0. The van der Waals surface area contributed by atoms with Gasteiger partial charge in [-0.15, -0.1) is 0 Å². The van der Waals surface area contributed by atoms with E-state index in [0.717, 1.165) is 11.8 Å². The fourth-order valence-electron chi connectivity index (χ4n) is 3.73. The first kappa shape index (κ1) is 13.3. The number of Topliss-reactive ketones (excluding diaryl/α,β-unsaturated/α-hetero) is 1. The maximum atomic E-state index is 12.3. The summed E-state index contributed by atoms with van der Waals surface area (Å²) in [6, 6.07) is 3.27. The molecule has 2 aliphatic rings. The lowest BCUT2D eigenvalue weighted by Gasteiger charge is -2.20. The van der Waals surface area contributed by atoms with E-state index in [4.69, 9.17) is 28.9 Å². The molecule has 0 radical (unpaired) electrons. The summed E-state index contributed by atoms with van der Waals surface area (Å²) in [5.74, 6) is 2.32. The molecule has 102 valence electrons. The molecule has 0 spiro atoms. The van der Waals surface area contributed by atoms with Gasteiger partial charge in [0, 0.05) is 12.0 Å². The quantitative estimate of drug-likeness (QED) is 0.655. The number of nitrogen functional groups attached to an aromatic ring is 1. The van der Waals surface area contributed by atoms with Crippen molar-refractivity contribution in [2.45, 2.75) is 32.1 Å². The Balaban J connectivity index is 1.74. The lowest BCUT2D eigenvalue weighted by molar-refractivity contribution is 0.0944. The highest BCUT2D eigenvalue weighted by Gasteiger charge is 2.40. The summed E-state index contributed by atoms with van der Waals surface area (Å²) in [5.41, 5.74) is 6.63. The van der Waals surface area contributed by atoms with Crippen molar-refractivity contribution < 1.29 is 4.79 Å². The molecular weight excluding hydrogens is 281 g/mol. The van der Waals surface area contributed by atoms with E-state index in [9.17, 15) is 4.79 Å². The zero-order valence-electron chi connectivity index (χ0n) is 10.7. The third-order valence-corrected chi connectivity index (χ3v) is 5.36. The fraction of sp³-hybridized carbons (Fsp3) is 0.533. The Bertz CT molecular complexity index is 506. The molecule has 2 saturated carbocycles. The summed E-state index contributed by atoms with van der Waals surface area (Å²) in [6.07, 6.45) is 5.81. The fourth-order valence-corrected chi connectivity index (χ4v) is 4.21. The number of nitrogens with two attached hydrogens (primary N) is 1. The number of rotatable bonds is 3. The maximum Gasteiger partial charge on any atom is 0.163 e. The minimum atomic E-state index is 0.140. The zero-order valence-corrected chi connectivity index (χ0v) is 12.2. The minimum absolute atomic E-state index is 0.140. The van der Waals surface area contributed by atoms with Crippen LogP contribution in [0.3, 0.4) is 0 Å². The molecule has 2 aliphatic carbocycles. The van der Waals surface area contributed by atoms with Crippen LogP contribution in [0, 0.1) is 17.8 Å². The summed E-state index contributed by atoms with van der Waals surface area (Å²) in [5, 5.41) is 0.729. The molecule has 19 heavy (non-hydrogen) atoms. The van der Waals surface area contributed by atoms with Crippen molar-refractivity contribution in [3.8, 4) is 0 Å². The second-order valence-corrected chi connectivity index (χ2v) is 6.73. The van der Waals surface area contributed by atoms with Crippen molar-refractivity contribution in [2.75, 3.05) is 5.73 Å². The van der Waals surface area contributed by atoms with Crippen LogP contribution >= 0.6 is 23.2 Å². The molecule has 0 amide bonds. The van der Waals surface area contributed by atoms with Gasteiger partial charge in [0.25, 0.3) is 0 Å². The number of carbonyl (C=O) groups is 1. The van der Waals surface area contributed by atoms with Crippen molar-refractivity contribution in [3.63, 3.8) is 0 Å². The molecule has 2 bridgehead atoms. The zero-order chi connectivity index (χ0) is 13.6. The molecule has 0 aromatic heterocycles. The predicted molar refractivity (Wildman–Crippen MR) is 78.8 cm³/mol. The van der Waals surface area contributed by atoms with E-state index in [1.807, 2.05) is 0 Å². The Morgan fingerprint density at radius 1 is 1.21 bits per heavy atom. The molecule has 0 aliphatic heterocycles. The number of hydrogen-bond donors (Lipinski definition) is 1. The molecule has 1 aromatic carbocycles. The number of ketones is 1. The summed E-state index contributed by atoms with van der Waals surface area (Å²) < 4.78 is 0. The Morgan fingerprint density at radius 2 is 1.89 bits per heavy atom. The monoisotopic (exact) mass is 297 g/mol. The van der Waals surface area contributed by atoms with E-state index in [1.165, 1.54) is 25.7 Å². The number of benzene rings is 1. The van der Waals surface area contributed by atoms with Gasteiger partial charge in [0.1, 0.15) is 0 Å². The summed E-state index contributed by atoms with van der Waals surface area (Å²) in [4.78, 5) is 12.3. The summed E-state index contributed by atoms with van der Waals surface area (Å²) in [7, 11) is 0. The lowest BCUT2D eigenvalue weighted by atomic mass is 9.84. The lowest BCUT2D eigenvalue weighted by Crippen LogP contribution is -2.15. The molecule has 2 N–H and O–H groups in total. The van der Waals surface area contributed by atoms with Crippen LogP contribution in [0.5, 0.6) is 0 Å². The van der Waals surface area contributed by atoms with E-state index < -0.39 is 0 Å². The molecular formula is C15H17Cl2NO. The molecule has 3 atom stereocenters. The first-order chi connectivity index (χ1) is 9.04. The number of fused-ring (bicyclic) bond motifs is 2. The molecule has 0 saturated heterocycles. The second kappa shape index (κ2) is 4.99. The predicted octanol–water partition coefficient (Wildman–Crippen LogP) is 4.58. The molecule has 0 heterocycles. The molecule has 3 rings (SSSR count). The number of hydrogen-bond acceptors (Lipinski definition) is 2. The van der Waals surface area contributed by atoms with Crippen LogP contribution in [0.1, 0.15) is 42.5 Å². The van der Waals surface area contributed by atoms with E-state index >= 15 is 0 Å². The first-order valence-electron chi connectivity index (χ1n) is 6.82. The standard InChI is InChI=1S/C15H17Cl2NO/c16-12-5-11(6-13(17)15(12)18)14(19)7-10-4-8-1-2-9(10)3-8/h5-6,8-10H,1-4,7,18H2. The van der Waals surface area contributed by atoms with Crippen molar-refractivity contribution in [1.82, 2.24) is 0 Å². The van der Waals surface area contributed by atoms with Crippen LogP contribution < -0.4 is 5.73 Å². The van der Waals surface area contributed by atoms with E-state index in [-0.39, 0.29) is 5.78 Å². The van der Waals surface area contributed by atoms with Gasteiger partial charge in [0.15, 0.2) is 5.78 Å². The van der Waals surface area contributed by atoms with Gasteiger partial charge in [0.05, 0.1) is 15.7 Å². The van der Waals surface area contributed by atoms with Gasteiger partial charge in [-0.05, 0) is 49.1 Å². The highest BCUT2D eigenvalue weighted by Crippen LogP contribution is 2.49. The van der Waals surface area contributed by atoms with E-state index in [0.29, 0.717) is 33.6 Å². The Labute approximate surface area is 123 Å². The third kappa shape index (κ3) is 2.48. The first-order valence-corrected chi connectivity index (χ1v) is 7.58. The summed E-state index contributed by atoms with van der Waals surface area (Å²) >= 11 is 12.0. The average molecular weight is 298 g/mol. The normalized spacial score (nSPS) is 28.8. The third-order valence-electron chi connectivity index (χ3n) is 4.73. The highest BCUT2D eigenvalue weighted by molar-refractivity contribution is 6.39. The van der Waals surface area contributed by atoms with Crippen LogP contribution in [0.2, 0.25) is 10.0 Å². The average Bonchev–Trinajstić information content (AvgIpc) is 2.97. The number of carbonyl (C=O) groups excluding carboxylic acids is 1. The van der Waals surface area contributed by atoms with Crippen LogP contribution in [0.25, 0.3) is 0 Å². The van der Waals surface area contributed by atoms with Crippen molar-refractivity contribution in [2.24, 2.45) is 17.8 Å². The van der Waals surface area contributed by atoms with Gasteiger partial charge in [-0.2, -0.15) is 0 Å². The molecule has 3 unspecified atom stereocenters. The second-order valence-electron chi connectivity index (χ2n) is 5.92. The van der Waals surface area contributed by atoms with Crippen LogP contribution in [-0.2, 0) is 0 Å².